The van der Waals surface area contributed by atoms with Crippen molar-refractivity contribution in [3.05, 3.63) is 0 Å². The molecule has 2 fully saturated rings. The highest BCUT2D eigenvalue weighted by Crippen LogP contribution is 2.39. The maximum absolute atomic E-state index is 10.5. The predicted molar refractivity (Wildman–Crippen MR) is 92.6 cm³/mol. The minimum Gasteiger partial charge on any atom is -0.394 e. The number of rotatable bonds is 2. The van der Waals surface area contributed by atoms with Gasteiger partial charge in [0.15, 0.2) is 0 Å². The molecule has 1 aliphatic heterocycles. The molecule has 1 heterocycles. The van der Waals surface area contributed by atoms with Gasteiger partial charge in [-0.1, -0.05) is 52.4 Å². The SMILES string of the molecule is CC1(C)CCCCCCCCC([C@@H]2O[C@H](CO)[C@@H](O)[C@H](O)[C@H]2O)C1. The van der Waals surface area contributed by atoms with Crippen LogP contribution >= 0.6 is 0 Å². The van der Waals surface area contributed by atoms with Crippen molar-refractivity contribution in [1.82, 2.24) is 0 Å². The van der Waals surface area contributed by atoms with E-state index < -0.39 is 30.5 Å². The van der Waals surface area contributed by atoms with Crippen LogP contribution in [-0.2, 0) is 4.74 Å². The Morgan fingerprint density at radius 3 is 2.17 bits per heavy atom. The van der Waals surface area contributed by atoms with Crippen LogP contribution in [0.15, 0.2) is 0 Å². The molecule has 24 heavy (non-hydrogen) atoms. The number of hydrogen-bond acceptors (Lipinski definition) is 5. The van der Waals surface area contributed by atoms with Crippen LogP contribution in [0.4, 0.5) is 0 Å². The van der Waals surface area contributed by atoms with Gasteiger partial charge in [-0.3, -0.25) is 0 Å². The molecule has 2 rings (SSSR count). The van der Waals surface area contributed by atoms with Crippen LogP contribution in [0.5, 0.6) is 0 Å². The van der Waals surface area contributed by atoms with Gasteiger partial charge in [0, 0.05) is 0 Å². The molecule has 0 bridgehead atoms. The van der Waals surface area contributed by atoms with Gasteiger partial charge >= 0.3 is 0 Å². The van der Waals surface area contributed by atoms with Gasteiger partial charge < -0.3 is 25.2 Å². The highest BCUT2D eigenvalue weighted by Gasteiger charge is 2.46. The lowest BCUT2D eigenvalue weighted by Gasteiger charge is -2.45. The first-order valence-electron chi connectivity index (χ1n) is 9.66. The predicted octanol–water partition coefficient (Wildman–Crippen LogP) is 2.00. The van der Waals surface area contributed by atoms with Gasteiger partial charge in [-0.05, 0) is 30.6 Å². The molecule has 142 valence electrons. The Kier molecular flexibility index (Phi) is 7.50. The van der Waals surface area contributed by atoms with E-state index in [9.17, 15) is 20.4 Å². The van der Waals surface area contributed by atoms with Gasteiger partial charge in [0.25, 0.3) is 0 Å². The van der Waals surface area contributed by atoms with E-state index >= 15 is 0 Å². The first kappa shape index (κ1) is 20.1. The molecule has 0 aromatic rings. The second-order valence-corrected chi connectivity index (χ2v) is 8.58. The molecule has 5 nitrogen and oxygen atoms in total. The lowest BCUT2D eigenvalue weighted by molar-refractivity contribution is -0.243. The number of ether oxygens (including phenoxy) is 1. The van der Waals surface area contributed by atoms with Gasteiger partial charge in [-0.25, -0.2) is 0 Å². The first-order valence-corrected chi connectivity index (χ1v) is 9.66. The average molecular weight is 344 g/mol. The molecular weight excluding hydrogens is 308 g/mol. The molecule has 1 saturated heterocycles. The molecule has 0 radical (unpaired) electrons. The van der Waals surface area contributed by atoms with E-state index in [1.165, 1.54) is 32.1 Å². The van der Waals surface area contributed by atoms with E-state index in [4.69, 9.17) is 4.74 Å². The molecule has 0 aromatic carbocycles. The van der Waals surface area contributed by atoms with Crippen molar-refractivity contribution in [2.24, 2.45) is 11.3 Å². The average Bonchev–Trinajstić information content (AvgIpc) is 2.57. The first-order chi connectivity index (χ1) is 11.4. The van der Waals surface area contributed by atoms with Gasteiger partial charge in [-0.2, -0.15) is 0 Å². The van der Waals surface area contributed by atoms with Crippen molar-refractivity contribution >= 4 is 0 Å². The summed E-state index contributed by atoms with van der Waals surface area (Å²) in [5.74, 6) is 0.129. The largest absolute Gasteiger partial charge is 0.394 e. The van der Waals surface area contributed by atoms with Crippen LogP contribution in [0.2, 0.25) is 0 Å². The van der Waals surface area contributed by atoms with Crippen molar-refractivity contribution in [2.75, 3.05) is 6.61 Å². The van der Waals surface area contributed by atoms with Gasteiger partial charge in [0.05, 0.1) is 12.7 Å². The molecule has 1 aliphatic carbocycles. The van der Waals surface area contributed by atoms with Crippen molar-refractivity contribution in [2.45, 2.75) is 102 Å². The maximum atomic E-state index is 10.5. The van der Waals surface area contributed by atoms with E-state index in [1.54, 1.807) is 0 Å². The summed E-state index contributed by atoms with van der Waals surface area (Å²) in [5, 5.41) is 40.0. The highest BCUT2D eigenvalue weighted by atomic mass is 16.5. The normalized spacial score (nSPS) is 42.2. The molecule has 0 aromatic heterocycles. The lowest BCUT2D eigenvalue weighted by Crippen LogP contribution is -2.60. The fraction of sp³-hybridized carbons (Fsp3) is 1.00. The lowest BCUT2D eigenvalue weighted by atomic mass is 9.73. The maximum Gasteiger partial charge on any atom is 0.111 e. The third-order valence-corrected chi connectivity index (χ3v) is 5.89. The zero-order chi connectivity index (χ0) is 17.7. The second kappa shape index (κ2) is 8.95. The third-order valence-electron chi connectivity index (χ3n) is 5.89. The summed E-state index contributed by atoms with van der Waals surface area (Å²) >= 11 is 0. The Bertz CT molecular complexity index is 371. The number of aliphatic hydroxyl groups excluding tert-OH is 4. The fourth-order valence-corrected chi connectivity index (χ4v) is 4.43. The Hall–Kier alpha value is -0.200. The Balaban J connectivity index is 2.13. The zero-order valence-electron chi connectivity index (χ0n) is 15.2. The molecule has 6 atom stereocenters. The van der Waals surface area contributed by atoms with Gasteiger partial charge in [0.2, 0.25) is 0 Å². The van der Waals surface area contributed by atoms with Gasteiger partial charge in [0.1, 0.15) is 24.4 Å². The van der Waals surface area contributed by atoms with E-state index in [2.05, 4.69) is 13.8 Å². The van der Waals surface area contributed by atoms with E-state index in [1.807, 2.05) is 0 Å². The van der Waals surface area contributed by atoms with Crippen LogP contribution in [0.25, 0.3) is 0 Å². The zero-order valence-corrected chi connectivity index (χ0v) is 15.2. The molecule has 4 N–H and O–H groups in total. The Morgan fingerprint density at radius 1 is 0.875 bits per heavy atom. The summed E-state index contributed by atoms with van der Waals surface area (Å²) in [6, 6.07) is 0. The monoisotopic (exact) mass is 344 g/mol. The standard InChI is InChI=1S/C19H36O5/c1-19(2)10-8-6-4-3-5-7-9-13(11-19)18-17(23)16(22)15(21)14(12-20)24-18/h13-18,20-23H,3-12H2,1-2H3/t13?,14-,15-,16+,17-,18+/m1/s1. The fourth-order valence-electron chi connectivity index (χ4n) is 4.43. The van der Waals surface area contributed by atoms with Crippen molar-refractivity contribution in [3.8, 4) is 0 Å². The highest BCUT2D eigenvalue weighted by molar-refractivity contribution is 4.95. The summed E-state index contributed by atoms with van der Waals surface area (Å²) in [7, 11) is 0. The summed E-state index contributed by atoms with van der Waals surface area (Å²) in [4.78, 5) is 0. The van der Waals surface area contributed by atoms with Crippen LogP contribution < -0.4 is 0 Å². The number of hydrogen-bond donors (Lipinski definition) is 4. The van der Waals surface area contributed by atoms with Crippen LogP contribution in [0, 0.1) is 11.3 Å². The van der Waals surface area contributed by atoms with Crippen LogP contribution in [0.3, 0.4) is 0 Å². The van der Waals surface area contributed by atoms with E-state index in [0.29, 0.717) is 0 Å². The van der Waals surface area contributed by atoms with Crippen molar-refractivity contribution in [3.63, 3.8) is 0 Å². The molecule has 1 saturated carbocycles. The molecular formula is C19H36O5. The van der Waals surface area contributed by atoms with Crippen molar-refractivity contribution in [1.29, 1.82) is 0 Å². The quantitative estimate of drug-likeness (QED) is 0.615. The van der Waals surface area contributed by atoms with Crippen molar-refractivity contribution < 1.29 is 25.2 Å². The summed E-state index contributed by atoms with van der Waals surface area (Å²) < 4.78 is 5.85. The van der Waals surface area contributed by atoms with Crippen LogP contribution in [0.1, 0.15) is 71.6 Å². The molecule has 5 heteroatoms. The third kappa shape index (κ3) is 5.15. The molecule has 0 spiro atoms. The van der Waals surface area contributed by atoms with E-state index in [0.717, 1.165) is 25.7 Å². The minimum atomic E-state index is -1.26. The molecule has 2 aliphatic rings. The van der Waals surface area contributed by atoms with E-state index in [-0.39, 0.29) is 17.9 Å². The Morgan fingerprint density at radius 2 is 1.50 bits per heavy atom. The molecule has 0 amide bonds. The topological polar surface area (TPSA) is 90.2 Å². The summed E-state index contributed by atoms with van der Waals surface area (Å²) in [6.45, 7) is 4.18. The van der Waals surface area contributed by atoms with Crippen LogP contribution in [-0.4, -0.2) is 57.6 Å². The smallest absolute Gasteiger partial charge is 0.111 e. The molecule has 1 unspecified atom stereocenters. The summed E-state index contributed by atoms with van der Waals surface area (Å²) in [5.41, 5.74) is 0.161. The summed E-state index contributed by atoms with van der Waals surface area (Å²) in [6.07, 6.45) is 5.42. The Labute approximate surface area is 146 Å². The van der Waals surface area contributed by atoms with Gasteiger partial charge in [-0.15, -0.1) is 0 Å². The second-order valence-electron chi connectivity index (χ2n) is 8.58. The minimum absolute atomic E-state index is 0.129. The number of aliphatic hydroxyl groups is 4.